The van der Waals surface area contributed by atoms with E-state index in [0.717, 1.165) is 10.8 Å². The van der Waals surface area contributed by atoms with Gasteiger partial charge in [-0.25, -0.2) is 0 Å². The lowest BCUT2D eigenvalue weighted by atomic mass is 10.1. The summed E-state index contributed by atoms with van der Waals surface area (Å²) in [5, 5.41) is 1.45. The average Bonchev–Trinajstić information content (AvgIpc) is 2.35. The first kappa shape index (κ1) is 11.5. The average molecular weight is 245 g/mol. The van der Waals surface area contributed by atoms with Gasteiger partial charge in [-0.3, -0.25) is 4.79 Å². The number of terminal acetylenes is 1. The third kappa shape index (κ3) is 2.58. The van der Waals surface area contributed by atoms with E-state index in [4.69, 9.17) is 22.8 Å². The maximum absolute atomic E-state index is 11.0. The van der Waals surface area contributed by atoms with E-state index in [1.54, 1.807) is 12.1 Å². The summed E-state index contributed by atoms with van der Waals surface area (Å²) in [6, 6.07) is 10.8. The van der Waals surface area contributed by atoms with E-state index < -0.39 is 5.24 Å². The summed E-state index contributed by atoms with van der Waals surface area (Å²) in [7, 11) is 0. The molecule has 0 unspecified atom stereocenters. The Morgan fingerprint density at radius 1 is 1.24 bits per heavy atom. The van der Waals surface area contributed by atoms with Crippen LogP contribution in [-0.2, 0) is 0 Å². The summed E-state index contributed by atoms with van der Waals surface area (Å²) in [5.41, 5.74) is 0.483. The Kier molecular flexibility index (Phi) is 3.32. The molecule has 3 heteroatoms. The first-order chi connectivity index (χ1) is 8.20. The number of benzene rings is 2. The summed E-state index contributed by atoms with van der Waals surface area (Å²) in [6.45, 7) is 0.240. The molecule has 0 fully saturated rings. The summed E-state index contributed by atoms with van der Waals surface area (Å²) >= 11 is 5.42. The molecule has 0 N–H and O–H groups in total. The van der Waals surface area contributed by atoms with Gasteiger partial charge >= 0.3 is 0 Å². The molecule has 17 heavy (non-hydrogen) atoms. The minimum Gasteiger partial charge on any atom is -0.481 e. The zero-order valence-corrected chi connectivity index (χ0v) is 9.70. The molecule has 0 heterocycles. The molecule has 84 valence electrons. The van der Waals surface area contributed by atoms with Crippen LogP contribution in [0.3, 0.4) is 0 Å². The fourth-order valence-corrected chi connectivity index (χ4v) is 1.68. The van der Waals surface area contributed by atoms with Crippen LogP contribution in [0.2, 0.25) is 0 Å². The van der Waals surface area contributed by atoms with E-state index in [9.17, 15) is 4.79 Å². The van der Waals surface area contributed by atoms with Crippen molar-refractivity contribution in [3.63, 3.8) is 0 Å². The van der Waals surface area contributed by atoms with Crippen LogP contribution in [0.25, 0.3) is 10.8 Å². The van der Waals surface area contributed by atoms with E-state index in [1.807, 2.05) is 24.3 Å². The normalized spacial score (nSPS) is 9.88. The molecular weight excluding hydrogens is 236 g/mol. The zero-order valence-electron chi connectivity index (χ0n) is 8.94. The van der Waals surface area contributed by atoms with Gasteiger partial charge in [0.2, 0.25) is 0 Å². The number of rotatable bonds is 3. The van der Waals surface area contributed by atoms with Crippen LogP contribution in [0, 0.1) is 12.3 Å². The second-order valence-corrected chi connectivity index (χ2v) is 3.83. The molecule has 0 amide bonds. The van der Waals surface area contributed by atoms with Gasteiger partial charge in [0.1, 0.15) is 12.4 Å². The molecule has 0 saturated carbocycles. The highest BCUT2D eigenvalue weighted by molar-refractivity contribution is 6.67. The van der Waals surface area contributed by atoms with Gasteiger partial charge in [-0.05, 0) is 46.6 Å². The molecular formula is C14H9ClO2. The Morgan fingerprint density at radius 2 is 1.94 bits per heavy atom. The fourth-order valence-electron chi connectivity index (χ4n) is 1.56. The number of fused-ring (bicyclic) bond motifs is 1. The van der Waals surface area contributed by atoms with Gasteiger partial charge in [-0.15, -0.1) is 6.42 Å². The fraction of sp³-hybridized carbons (Fsp3) is 0.0714. The van der Waals surface area contributed by atoms with Crippen molar-refractivity contribution >= 4 is 27.6 Å². The van der Waals surface area contributed by atoms with Crippen molar-refractivity contribution in [1.82, 2.24) is 0 Å². The van der Waals surface area contributed by atoms with Crippen molar-refractivity contribution < 1.29 is 9.53 Å². The summed E-state index contributed by atoms with van der Waals surface area (Å²) in [5.74, 6) is 3.11. The summed E-state index contributed by atoms with van der Waals surface area (Å²) in [6.07, 6.45) is 5.12. The molecule has 0 aliphatic rings. The topological polar surface area (TPSA) is 26.3 Å². The smallest absolute Gasteiger partial charge is 0.252 e. The molecule has 0 spiro atoms. The van der Waals surface area contributed by atoms with E-state index in [0.29, 0.717) is 11.3 Å². The van der Waals surface area contributed by atoms with Gasteiger partial charge < -0.3 is 4.74 Å². The highest BCUT2D eigenvalue weighted by Crippen LogP contribution is 2.22. The zero-order chi connectivity index (χ0) is 12.3. The minimum atomic E-state index is -0.459. The third-order valence-corrected chi connectivity index (χ3v) is 2.58. The van der Waals surface area contributed by atoms with Crippen molar-refractivity contribution in [2.24, 2.45) is 0 Å². The molecule has 2 rings (SSSR count). The Balaban J connectivity index is 2.40. The van der Waals surface area contributed by atoms with Crippen molar-refractivity contribution in [3.05, 3.63) is 42.0 Å². The van der Waals surface area contributed by atoms with Crippen LogP contribution in [0.5, 0.6) is 5.75 Å². The van der Waals surface area contributed by atoms with E-state index in [-0.39, 0.29) is 6.61 Å². The monoisotopic (exact) mass is 244 g/mol. The lowest BCUT2D eigenvalue weighted by Gasteiger charge is -2.04. The molecule has 0 aliphatic heterocycles. The predicted octanol–water partition coefficient (Wildman–Crippen LogP) is 3.23. The molecule has 0 aliphatic carbocycles. The predicted molar refractivity (Wildman–Crippen MR) is 68.5 cm³/mol. The van der Waals surface area contributed by atoms with Gasteiger partial charge in [0.25, 0.3) is 5.24 Å². The molecule has 0 bridgehead atoms. The lowest BCUT2D eigenvalue weighted by molar-refractivity contribution is 0.108. The van der Waals surface area contributed by atoms with Crippen LogP contribution in [0.1, 0.15) is 10.4 Å². The Hall–Kier alpha value is -1.98. The summed E-state index contributed by atoms with van der Waals surface area (Å²) < 4.78 is 5.31. The van der Waals surface area contributed by atoms with E-state index in [2.05, 4.69) is 5.92 Å². The maximum atomic E-state index is 11.0. The molecule has 2 nitrogen and oxygen atoms in total. The molecule has 0 aromatic heterocycles. The number of carbonyl (C=O) groups is 1. The van der Waals surface area contributed by atoms with Gasteiger partial charge in [-0.1, -0.05) is 18.1 Å². The Labute approximate surface area is 104 Å². The summed E-state index contributed by atoms with van der Waals surface area (Å²) in [4.78, 5) is 11.0. The molecule has 2 aromatic rings. The minimum absolute atomic E-state index is 0.240. The lowest BCUT2D eigenvalue weighted by Crippen LogP contribution is -1.93. The quantitative estimate of drug-likeness (QED) is 0.612. The van der Waals surface area contributed by atoms with Crippen molar-refractivity contribution in [1.29, 1.82) is 0 Å². The number of hydrogen-bond acceptors (Lipinski definition) is 2. The third-order valence-electron chi connectivity index (χ3n) is 2.36. The van der Waals surface area contributed by atoms with Crippen LogP contribution < -0.4 is 4.74 Å². The highest BCUT2D eigenvalue weighted by Gasteiger charge is 2.03. The Morgan fingerprint density at radius 3 is 2.65 bits per heavy atom. The van der Waals surface area contributed by atoms with Gasteiger partial charge in [0, 0.05) is 5.56 Å². The first-order valence-corrected chi connectivity index (χ1v) is 5.38. The SMILES string of the molecule is C#CCOc1ccc2cc(C(=O)Cl)ccc2c1. The Bertz CT molecular complexity index is 611. The van der Waals surface area contributed by atoms with Crippen molar-refractivity contribution in [2.45, 2.75) is 0 Å². The molecule has 0 atom stereocenters. The number of carbonyl (C=O) groups excluding carboxylic acids is 1. The van der Waals surface area contributed by atoms with Crippen LogP contribution in [0.15, 0.2) is 36.4 Å². The second kappa shape index (κ2) is 4.90. The maximum Gasteiger partial charge on any atom is 0.252 e. The molecule has 0 radical (unpaired) electrons. The van der Waals surface area contributed by atoms with E-state index >= 15 is 0 Å². The standard InChI is InChI=1S/C14H9ClO2/c1-2-7-17-13-6-5-10-8-12(14(15)16)4-3-11(10)9-13/h1,3-6,8-9H,7H2. The van der Waals surface area contributed by atoms with Gasteiger partial charge in [0.05, 0.1) is 0 Å². The number of hydrogen-bond donors (Lipinski definition) is 0. The van der Waals surface area contributed by atoms with E-state index in [1.165, 1.54) is 0 Å². The van der Waals surface area contributed by atoms with Crippen molar-refractivity contribution in [3.8, 4) is 18.1 Å². The van der Waals surface area contributed by atoms with Crippen LogP contribution in [-0.4, -0.2) is 11.8 Å². The number of halogens is 1. The largest absolute Gasteiger partial charge is 0.481 e. The molecule has 0 saturated heterocycles. The number of ether oxygens (including phenoxy) is 1. The first-order valence-electron chi connectivity index (χ1n) is 5.00. The van der Waals surface area contributed by atoms with Gasteiger partial charge in [0.15, 0.2) is 0 Å². The highest BCUT2D eigenvalue weighted by atomic mass is 35.5. The van der Waals surface area contributed by atoms with Crippen LogP contribution in [0.4, 0.5) is 0 Å². The van der Waals surface area contributed by atoms with Gasteiger partial charge in [-0.2, -0.15) is 0 Å². The molecule has 2 aromatic carbocycles. The second-order valence-electron chi connectivity index (χ2n) is 3.49. The van der Waals surface area contributed by atoms with Crippen molar-refractivity contribution in [2.75, 3.05) is 6.61 Å². The van der Waals surface area contributed by atoms with Crippen LogP contribution >= 0.6 is 11.6 Å².